The molecule has 0 aliphatic carbocycles. The van der Waals surface area contributed by atoms with Gasteiger partial charge in [-0.3, -0.25) is 9.69 Å². The molecule has 1 aliphatic rings. The number of rotatable bonds is 5. The van der Waals surface area contributed by atoms with Crippen molar-refractivity contribution in [3.63, 3.8) is 0 Å². The van der Waals surface area contributed by atoms with E-state index in [1.807, 2.05) is 30.5 Å². The molecule has 1 amide bonds. The smallest absolute Gasteiger partial charge is 0.247 e. The molecule has 0 bridgehead atoms. The highest BCUT2D eigenvalue weighted by molar-refractivity contribution is 5.98. The number of nitrogens with zero attached hydrogens (tertiary/aromatic N) is 3. The predicted octanol–water partition coefficient (Wildman–Crippen LogP) is 2.53. The molecule has 1 aromatic heterocycles. The van der Waals surface area contributed by atoms with Gasteiger partial charge >= 0.3 is 0 Å². The third kappa shape index (κ3) is 4.20. The Morgan fingerprint density at radius 3 is 2.50 bits per heavy atom. The van der Waals surface area contributed by atoms with Gasteiger partial charge < -0.3 is 10.2 Å². The number of aromatic nitrogens is 1. The number of benzene rings is 1. The summed E-state index contributed by atoms with van der Waals surface area (Å²) in [5.74, 6) is 0.868. The summed E-state index contributed by atoms with van der Waals surface area (Å²) in [6.07, 6.45) is 3.11. The van der Waals surface area contributed by atoms with Crippen molar-refractivity contribution < 1.29 is 4.79 Å². The molecular weight excluding hydrogens is 300 g/mol. The van der Waals surface area contributed by atoms with Gasteiger partial charge in [0.1, 0.15) is 5.82 Å². The number of piperazine rings is 1. The molecule has 0 radical (unpaired) electrons. The summed E-state index contributed by atoms with van der Waals surface area (Å²) in [6.45, 7) is 8.39. The Hall–Kier alpha value is -2.66. The van der Waals surface area contributed by atoms with Crippen LogP contribution in [0.5, 0.6) is 0 Å². The van der Waals surface area contributed by atoms with Crippen molar-refractivity contribution in [2.45, 2.75) is 6.54 Å². The molecule has 2 heterocycles. The molecule has 124 valence electrons. The molecule has 1 aliphatic heterocycles. The number of anilines is 2. The van der Waals surface area contributed by atoms with Gasteiger partial charge in [-0.2, -0.15) is 0 Å². The van der Waals surface area contributed by atoms with Gasteiger partial charge in [0, 0.05) is 44.6 Å². The summed E-state index contributed by atoms with van der Waals surface area (Å²) in [7, 11) is 0. The van der Waals surface area contributed by atoms with Crippen LogP contribution in [0.25, 0.3) is 0 Å². The number of carbonyl (C=O) groups is 1. The second-order valence-electron chi connectivity index (χ2n) is 5.84. The number of hydrogen-bond acceptors (Lipinski definition) is 4. The molecular formula is C19H22N4O. The van der Waals surface area contributed by atoms with Gasteiger partial charge in [0.05, 0.1) is 0 Å². The van der Waals surface area contributed by atoms with Crippen molar-refractivity contribution in [3.8, 4) is 0 Å². The molecule has 2 aromatic rings. The van der Waals surface area contributed by atoms with Gasteiger partial charge in [0.25, 0.3) is 0 Å². The first-order valence-corrected chi connectivity index (χ1v) is 8.15. The molecule has 1 N–H and O–H groups in total. The van der Waals surface area contributed by atoms with Crippen LogP contribution < -0.4 is 10.2 Å². The van der Waals surface area contributed by atoms with Gasteiger partial charge in [-0.05, 0) is 35.9 Å². The highest BCUT2D eigenvalue weighted by Crippen LogP contribution is 2.16. The summed E-state index contributed by atoms with van der Waals surface area (Å²) in [5.41, 5.74) is 2.04. The van der Waals surface area contributed by atoms with Crippen LogP contribution in [0.3, 0.4) is 0 Å². The second-order valence-corrected chi connectivity index (χ2v) is 5.84. The number of hydrogen-bond donors (Lipinski definition) is 1. The molecule has 0 unspecified atom stereocenters. The molecule has 0 atom stereocenters. The summed E-state index contributed by atoms with van der Waals surface area (Å²) >= 11 is 0. The molecule has 1 fully saturated rings. The van der Waals surface area contributed by atoms with Crippen LogP contribution in [-0.2, 0) is 11.3 Å². The van der Waals surface area contributed by atoms with E-state index in [1.165, 1.54) is 11.6 Å². The van der Waals surface area contributed by atoms with Gasteiger partial charge in [-0.15, -0.1) is 0 Å². The van der Waals surface area contributed by atoms with Crippen LogP contribution in [0.4, 0.5) is 11.5 Å². The Morgan fingerprint density at radius 1 is 1.12 bits per heavy atom. The van der Waals surface area contributed by atoms with Crippen molar-refractivity contribution in [2.24, 2.45) is 0 Å². The van der Waals surface area contributed by atoms with Crippen LogP contribution in [-0.4, -0.2) is 42.0 Å². The Labute approximate surface area is 142 Å². The SMILES string of the molecule is C=CC(=O)Nc1ccc(CN2CCN(c3ccccn3)CC2)cc1. The van der Waals surface area contributed by atoms with E-state index in [0.29, 0.717) is 0 Å². The van der Waals surface area contributed by atoms with Gasteiger partial charge in [0.2, 0.25) is 5.91 Å². The Bertz CT molecular complexity index is 676. The minimum atomic E-state index is -0.187. The average molecular weight is 322 g/mol. The Morgan fingerprint density at radius 2 is 1.88 bits per heavy atom. The first-order valence-electron chi connectivity index (χ1n) is 8.15. The zero-order chi connectivity index (χ0) is 16.8. The summed E-state index contributed by atoms with van der Waals surface area (Å²) in [6, 6.07) is 14.0. The largest absolute Gasteiger partial charge is 0.354 e. The van der Waals surface area contributed by atoms with E-state index in [1.54, 1.807) is 0 Å². The van der Waals surface area contributed by atoms with Crippen LogP contribution in [0.15, 0.2) is 61.3 Å². The van der Waals surface area contributed by atoms with Crippen LogP contribution in [0, 0.1) is 0 Å². The summed E-state index contributed by atoms with van der Waals surface area (Å²) < 4.78 is 0. The second kappa shape index (κ2) is 7.75. The molecule has 24 heavy (non-hydrogen) atoms. The van der Waals surface area contributed by atoms with Gasteiger partial charge in [0.15, 0.2) is 0 Å². The first kappa shape index (κ1) is 16.2. The van der Waals surface area contributed by atoms with Crippen molar-refractivity contribution in [1.82, 2.24) is 9.88 Å². The highest BCUT2D eigenvalue weighted by Gasteiger charge is 2.17. The fourth-order valence-corrected chi connectivity index (χ4v) is 2.82. The fourth-order valence-electron chi connectivity index (χ4n) is 2.82. The third-order valence-electron chi connectivity index (χ3n) is 4.16. The molecule has 3 rings (SSSR count). The van der Waals surface area contributed by atoms with Crippen molar-refractivity contribution in [3.05, 3.63) is 66.9 Å². The quantitative estimate of drug-likeness (QED) is 0.860. The van der Waals surface area contributed by atoms with E-state index in [-0.39, 0.29) is 5.91 Å². The zero-order valence-electron chi connectivity index (χ0n) is 13.7. The number of amides is 1. The van der Waals surface area contributed by atoms with Crippen molar-refractivity contribution >= 4 is 17.4 Å². The lowest BCUT2D eigenvalue weighted by Gasteiger charge is -2.35. The molecule has 0 spiro atoms. The third-order valence-corrected chi connectivity index (χ3v) is 4.16. The number of nitrogens with one attached hydrogen (secondary N) is 1. The molecule has 0 saturated carbocycles. The van der Waals surface area contributed by atoms with E-state index in [0.717, 1.165) is 44.2 Å². The standard InChI is InChI=1S/C19H22N4O/c1-2-19(24)21-17-8-6-16(7-9-17)15-22-11-13-23(14-12-22)18-5-3-4-10-20-18/h2-10H,1,11-15H2,(H,21,24). The number of pyridine rings is 1. The summed E-state index contributed by atoms with van der Waals surface area (Å²) in [4.78, 5) is 20.5. The monoisotopic (exact) mass is 322 g/mol. The molecule has 5 heteroatoms. The zero-order valence-corrected chi connectivity index (χ0v) is 13.7. The maximum atomic E-state index is 11.3. The molecule has 1 saturated heterocycles. The van der Waals surface area contributed by atoms with Gasteiger partial charge in [-0.25, -0.2) is 4.98 Å². The average Bonchev–Trinajstić information content (AvgIpc) is 2.64. The van der Waals surface area contributed by atoms with Crippen LogP contribution in [0.1, 0.15) is 5.56 Å². The fraction of sp³-hybridized carbons (Fsp3) is 0.263. The van der Waals surface area contributed by atoms with E-state index in [9.17, 15) is 4.79 Å². The van der Waals surface area contributed by atoms with Crippen molar-refractivity contribution in [2.75, 3.05) is 36.4 Å². The Kier molecular flexibility index (Phi) is 5.23. The maximum Gasteiger partial charge on any atom is 0.247 e. The predicted molar refractivity (Wildman–Crippen MR) is 97.0 cm³/mol. The minimum Gasteiger partial charge on any atom is -0.354 e. The lowest BCUT2D eigenvalue weighted by Crippen LogP contribution is -2.46. The van der Waals surface area contributed by atoms with Crippen LogP contribution >= 0.6 is 0 Å². The summed E-state index contributed by atoms with van der Waals surface area (Å²) in [5, 5.41) is 2.76. The lowest BCUT2D eigenvalue weighted by molar-refractivity contribution is -0.111. The Balaban J connectivity index is 1.51. The topological polar surface area (TPSA) is 48.5 Å². The lowest BCUT2D eigenvalue weighted by atomic mass is 10.1. The van der Waals surface area contributed by atoms with E-state index >= 15 is 0 Å². The molecule has 5 nitrogen and oxygen atoms in total. The number of carbonyl (C=O) groups excluding carboxylic acids is 1. The maximum absolute atomic E-state index is 11.3. The first-order chi connectivity index (χ1) is 11.7. The molecule has 1 aromatic carbocycles. The normalized spacial score (nSPS) is 15.1. The minimum absolute atomic E-state index is 0.187. The van der Waals surface area contributed by atoms with Crippen molar-refractivity contribution in [1.29, 1.82) is 0 Å². The van der Waals surface area contributed by atoms with E-state index in [2.05, 4.69) is 44.9 Å². The van der Waals surface area contributed by atoms with Gasteiger partial charge in [-0.1, -0.05) is 24.8 Å². The van der Waals surface area contributed by atoms with E-state index < -0.39 is 0 Å². The highest BCUT2D eigenvalue weighted by atomic mass is 16.1. The van der Waals surface area contributed by atoms with Crippen LogP contribution in [0.2, 0.25) is 0 Å². The van der Waals surface area contributed by atoms with E-state index in [4.69, 9.17) is 0 Å².